The average Bonchev–Trinajstić information content (AvgIpc) is 2.98. The van der Waals surface area contributed by atoms with E-state index in [1.54, 1.807) is 0 Å². The summed E-state index contributed by atoms with van der Waals surface area (Å²) in [6.45, 7) is 7.27. The Kier molecular flexibility index (Phi) is 5.28. The number of nitrogens with zero attached hydrogens (tertiary/aromatic N) is 2. The molecule has 2 aliphatic heterocycles. The summed E-state index contributed by atoms with van der Waals surface area (Å²) in [7, 11) is 2.32. The lowest BCUT2D eigenvalue weighted by atomic mass is 9.98. The van der Waals surface area contributed by atoms with Gasteiger partial charge in [-0.15, -0.1) is 0 Å². The molecule has 0 radical (unpaired) electrons. The van der Waals surface area contributed by atoms with Crippen molar-refractivity contribution in [3.05, 3.63) is 35.9 Å². The van der Waals surface area contributed by atoms with E-state index in [2.05, 4.69) is 52.5 Å². The minimum absolute atomic E-state index is 0.746. The third-order valence-electron chi connectivity index (χ3n) is 5.06. The van der Waals surface area contributed by atoms with Gasteiger partial charge in [0.1, 0.15) is 0 Å². The molecule has 0 spiro atoms. The molecule has 0 aromatic heterocycles. The average molecular weight is 287 g/mol. The second-order valence-corrected chi connectivity index (χ2v) is 6.82. The molecule has 0 saturated carbocycles. The van der Waals surface area contributed by atoms with E-state index in [4.69, 9.17) is 0 Å². The van der Waals surface area contributed by atoms with Gasteiger partial charge in [-0.25, -0.2) is 0 Å². The summed E-state index contributed by atoms with van der Waals surface area (Å²) in [5, 5.41) is 3.54. The van der Waals surface area contributed by atoms with E-state index in [0.29, 0.717) is 0 Å². The van der Waals surface area contributed by atoms with Crippen LogP contribution in [0.25, 0.3) is 0 Å². The largest absolute Gasteiger partial charge is 0.316 e. The first-order valence-electron chi connectivity index (χ1n) is 8.48. The number of piperidine rings is 1. The summed E-state index contributed by atoms with van der Waals surface area (Å²) < 4.78 is 0. The summed E-state index contributed by atoms with van der Waals surface area (Å²) >= 11 is 0. The standard InChI is InChI=1S/C18H29N3/c1-20(13-17-8-5-10-19-12-17)18-9-11-21(15-18)14-16-6-3-2-4-7-16/h2-4,6-7,17-19H,5,8-15H2,1H3. The topological polar surface area (TPSA) is 18.5 Å². The zero-order valence-electron chi connectivity index (χ0n) is 13.3. The van der Waals surface area contributed by atoms with Crippen molar-refractivity contribution in [3.8, 4) is 0 Å². The third-order valence-corrected chi connectivity index (χ3v) is 5.06. The molecular weight excluding hydrogens is 258 g/mol. The second kappa shape index (κ2) is 7.39. The van der Waals surface area contributed by atoms with Crippen LogP contribution in [0, 0.1) is 5.92 Å². The molecule has 2 fully saturated rings. The van der Waals surface area contributed by atoms with Crippen molar-refractivity contribution in [2.75, 3.05) is 39.8 Å². The molecule has 3 nitrogen and oxygen atoms in total. The molecule has 21 heavy (non-hydrogen) atoms. The SMILES string of the molecule is CN(CC1CCCNC1)C1CCN(Cc2ccccc2)C1. The predicted molar refractivity (Wildman–Crippen MR) is 88.3 cm³/mol. The number of rotatable bonds is 5. The van der Waals surface area contributed by atoms with Gasteiger partial charge in [-0.05, 0) is 50.9 Å². The van der Waals surface area contributed by atoms with Crippen molar-refractivity contribution in [2.24, 2.45) is 5.92 Å². The highest BCUT2D eigenvalue weighted by Gasteiger charge is 2.27. The van der Waals surface area contributed by atoms with Gasteiger partial charge in [0.05, 0.1) is 0 Å². The van der Waals surface area contributed by atoms with Gasteiger partial charge in [0.15, 0.2) is 0 Å². The summed E-state index contributed by atoms with van der Waals surface area (Å²) in [4.78, 5) is 5.22. The Morgan fingerprint density at radius 1 is 1.24 bits per heavy atom. The summed E-state index contributed by atoms with van der Waals surface area (Å²) in [6, 6.07) is 11.6. The van der Waals surface area contributed by atoms with Crippen LogP contribution in [0.2, 0.25) is 0 Å². The number of benzene rings is 1. The van der Waals surface area contributed by atoms with Crippen molar-refractivity contribution < 1.29 is 0 Å². The van der Waals surface area contributed by atoms with Gasteiger partial charge in [0.25, 0.3) is 0 Å². The number of likely N-dealkylation sites (tertiary alicyclic amines) is 1. The van der Waals surface area contributed by atoms with E-state index in [-0.39, 0.29) is 0 Å². The zero-order valence-corrected chi connectivity index (χ0v) is 13.3. The normalized spacial score (nSPS) is 27.3. The molecule has 1 aromatic rings. The molecule has 116 valence electrons. The summed E-state index contributed by atoms with van der Waals surface area (Å²) in [5.41, 5.74) is 1.44. The van der Waals surface area contributed by atoms with Crippen LogP contribution in [0.4, 0.5) is 0 Å². The maximum absolute atomic E-state index is 3.54. The van der Waals surface area contributed by atoms with Crippen molar-refractivity contribution in [1.29, 1.82) is 0 Å². The minimum atomic E-state index is 0.746. The molecule has 3 rings (SSSR count). The Morgan fingerprint density at radius 3 is 2.86 bits per heavy atom. The highest BCUT2D eigenvalue weighted by atomic mass is 15.2. The maximum Gasteiger partial charge on any atom is 0.0234 e. The lowest BCUT2D eigenvalue weighted by Gasteiger charge is -2.31. The van der Waals surface area contributed by atoms with Gasteiger partial charge in [-0.2, -0.15) is 0 Å². The predicted octanol–water partition coefficient (Wildman–Crippen LogP) is 2.19. The monoisotopic (exact) mass is 287 g/mol. The Morgan fingerprint density at radius 2 is 2.10 bits per heavy atom. The molecule has 3 heteroatoms. The Labute approximate surface area is 129 Å². The van der Waals surface area contributed by atoms with E-state index < -0.39 is 0 Å². The van der Waals surface area contributed by atoms with Crippen LogP contribution in [-0.2, 0) is 6.54 Å². The van der Waals surface area contributed by atoms with Crippen LogP contribution in [-0.4, -0.2) is 55.6 Å². The van der Waals surface area contributed by atoms with E-state index in [0.717, 1.165) is 18.5 Å². The van der Waals surface area contributed by atoms with Gasteiger partial charge >= 0.3 is 0 Å². The van der Waals surface area contributed by atoms with Gasteiger partial charge in [-0.1, -0.05) is 30.3 Å². The van der Waals surface area contributed by atoms with Crippen LogP contribution in [0.3, 0.4) is 0 Å². The first-order valence-corrected chi connectivity index (χ1v) is 8.48. The van der Waals surface area contributed by atoms with Crippen LogP contribution in [0.15, 0.2) is 30.3 Å². The Hall–Kier alpha value is -0.900. The quantitative estimate of drug-likeness (QED) is 0.895. The van der Waals surface area contributed by atoms with E-state index in [9.17, 15) is 0 Å². The highest BCUT2D eigenvalue weighted by molar-refractivity contribution is 5.14. The van der Waals surface area contributed by atoms with E-state index in [1.807, 2.05) is 0 Å². The Balaban J connectivity index is 1.45. The van der Waals surface area contributed by atoms with Gasteiger partial charge in [0.2, 0.25) is 0 Å². The first kappa shape index (κ1) is 15.0. The number of hydrogen-bond donors (Lipinski definition) is 1. The highest BCUT2D eigenvalue weighted by Crippen LogP contribution is 2.19. The minimum Gasteiger partial charge on any atom is -0.316 e. The zero-order chi connectivity index (χ0) is 14.5. The molecule has 2 atom stereocenters. The number of nitrogens with one attached hydrogen (secondary N) is 1. The van der Waals surface area contributed by atoms with Crippen LogP contribution >= 0.6 is 0 Å². The molecule has 2 saturated heterocycles. The molecule has 1 aromatic carbocycles. The van der Waals surface area contributed by atoms with Crippen molar-refractivity contribution in [3.63, 3.8) is 0 Å². The molecule has 2 aliphatic rings. The van der Waals surface area contributed by atoms with Gasteiger partial charge in [-0.3, -0.25) is 4.90 Å². The smallest absolute Gasteiger partial charge is 0.0234 e. The lowest BCUT2D eigenvalue weighted by Crippen LogP contribution is -2.42. The lowest BCUT2D eigenvalue weighted by molar-refractivity contribution is 0.184. The van der Waals surface area contributed by atoms with Crippen LogP contribution in [0.5, 0.6) is 0 Å². The molecule has 2 unspecified atom stereocenters. The summed E-state index contributed by atoms with van der Waals surface area (Å²) in [6.07, 6.45) is 4.07. The van der Waals surface area contributed by atoms with Gasteiger partial charge in [0, 0.05) is 32.2 Å². The van der Waals surface area contributed by atoms with Crippen LogP contribution < -0.4 is 5.32 Å². The van der Waals surface area contributed by atoms with Crippen molar-refractivity contribution in [1.82, 2.24) is 15.1 Å². The molecule has 1 N–H and O–H groups in total. The molecular formula is C18H29N3. The fourth-order valence-corrected chi connectivity index (χ4v) is 3.79. The molecule has 0 amide bonds. The van der Waals surface area contributed by atoms with Crippen molar-refractivity contribution in [2.45, 2.75) is 31.8 Å². The van der Waals surface area contributed by atoms with E-state index in [1.165, 1.54) is 57.5 Å². The van der Waals surface area contributed by atoms with Gasteiger partial charge < -0.3 is 10.2 Å². The first-order chi connectivity index (χ1) is 10.3. The third kappa shape index (κ3) is 4.29. The second-order valence-electron chi connectivity index (χ2n) is 6.82. The number of hydrogen-bond acceptors (Lipinski definition) is 3. The number of likely N-dealkylation sites (N-methyl/N-ethyl adjacent to an activating group) is 1. The molecule has 0 aliphatic carbocycles. The van der Waals surface area contributed by atoms with Crippen LogP contribution in [0.1, 0.15) is 24.8 Å². The van der Waals surface area contributed by atoms with E-state index >= 15 is 0 Å². The maximum atomic E-state index is 3.54. The molecule has 2 heterocycles. The fraction of sp³-hybridized carbons (Fsp3) is 0.667. The van der Waals surface area contributed by atoms with Crippen molar-refractivity contribution >= 4 is 0 Å². The fourth-order valence-electron chi connectivity index (χ4n) is 3.79. The summed E-state index contributed by atoms with van der Waals surface area (Å²) in [5.74, 6) is 0.854. The molecule has 0 bridgehead atoms. The Bertz CT molecular complexity index is 414.